The second-order valence-electron chi connectivity index (χ2n) is 5.44. The summed E-state index contributed by atoms with van der Waals surface area (Å²) < 4.78 is 0. The molecule has 1 unspecified atom stereocenters. The Hall–Kier alpha value is -2.16. The number of aromatic amines is 1. The van der Waals surface area contributed by atoms with E-state index in [4.69, 9.17) is 0 Å². The third-order valence-electron chi connectivity index (χ3n) is 3.88. The number of aromatic nitrogens is 2. The van der Waals surface area contributed by atoms with Crippen molar-refractivity contribution in [2.75, 3.05) is 0 Å². The van der Waals surface area contributed by atoms with Gasteiger partial charge in [0.2, 0.25) is 0 Å². The predicted octanol–water partition coefficient (Wildman–Crippen LogP) is 4.07. The van der Waals surface area contributed by atoms with E-state index in [0.29, 0.717) is 5.92 Å². The molecule has 1 N–H and O–H groups in total. The Labute approximate surface area is 119 Å². The highest BCUT2D eigenvalue weighted by atomic mass is 15.1. The van der Waals surface area contributed by atoms with Gasteiger partial charge in [-0.1, -0.05) is 23.8 Å². The van der Waals surface area contributed by atoms with E-state index in [1.165, 1.54) is 22.3 Å². The molecule has 0 aliphatic carbocycles. The molecule has 3 heteroatoms. The van der Waals surface area contributed by atoms with Crippen LogP contribution in [-0.2, 0) is 0 Å². The average molecular weight is 265 g/mol. The summed E-state index contributed by atoms with van der Waals surface area (Å²) in [5, 5.41) is 7.71. The van der Waals surface area contributed by atoms with Gasteiger partial charge in [0.05, 0.1) is 5.69 Å². The quantitative estimate of drug-likeness (QED) is 0.873. The Bertz CT molecular complexity index is 692. The molecule has 0 bridgehead atoms. The van der Waals surface area contributed by atoms with Crippen LogP contribution in [0.1, 0.15) is 34.7 Å². The zero-order valence-corrected chi connectivity index (χ0v) is 12.1. The number of nitrogens with zero attached hydrogens (tertiary/aromatic N) is 2. The number of hydrogen-bond donors (Lipinski definition) is 1. The highest BCUT2D eigenvalue weighted by Crippen LogP contribution is 2.35. The second kappa shape index (κ2) is 5.08. The van der Waals surface area contributed by atoms with Gasteiger partial charge in [0, 0.05) is 35.2 Å². The van der Waals surface area contributed by atoms with Crippen molar-refractivity contribution >= 4 is 6.21 Å². The molecule has 2 heterocycles. The number of H-pyrrole nitrogens is 1. The Morgan fingerprint density at radius 2 is 2.05 bits per heavy atom. The molecular formula is C17H19N3. The van der Waals surface area contributed by atoms with Gasteiger partial charge in [0.15, 0.2) is 0 Å². The van der Waals surface area contributed by atoms with Crippen molar-refractivity contribution in [1.29, 1.82) is 0 Å². The fraction of sp³-hybridized carbons (Fsp3) is 0.294. The van der Waals surface area contributed by atoms with Crippen LogP contribution < -0.4 is 0 Å². The Kier molecular flexibility index (Phi) is 3.26. The molecule has 1 aromatic carbocycles. The summed E-state index contributed by atoms with van der Waals surface area (Å²) in [4.78, 5) is 4.16. The minimum atomic E-state index is 0.362. The van der Waals surface area contributed by atoms with Crippen LogP contribution >= 0.6 is 0 Å². The first kappa shape index (κ1) is 12.9. The number of nitrogens with one attached hydrogen (secondary N) is 1. The largest absolute Gasteiger partial charge is 0.282 e. The lowest BCUT2D eigenvalue weighted by Crippen LogP contribution is -2.02. The SMILES string of the molecule is Cc1ccc(C)c(-c2n[nH]c(C)c2C2C=CN=CC2)c1. The van der Waals surface area contributed by atoms with Crippen LogP contribution in [0, 0.1) is 20.8 Å². The second-order valence-corrected chi connectivity index (χ2v) is 5.44. The zero-order chi connectivity index (χ0) is 14.1. The molecule has 0 saturated carbocycles. The summed E-state index contributed by atoms with van der Waals surface area (Å²) in [5.74, 6) is 0.362. The molecule has 1 aromatic heterocycles. The summed E-state index contributed by atoms with van der Waals surface area (Å²) in [6.07, 6.45) is 6.96. The summed E-state index contributed by atoms with van der Waals surface area (Å²) in [6, 6.07) is 6.52. The maximum absolute atomic E-state index is 4.56. The highest BCUT2D eigenvalue weighted by molar-refractivity contribution is 5.71. The van der Waals surface area contributed by atoms with Gasteiger partial charge in [-0.2, -0.15) is 5.10 Å². The van der Waals surface area contributed by atoms with Crippen molar-refractivity contribution in [2.45, 2.75) is 33.1 Å². The summed E-state index contributed by atoms with van der Waals surface area (Å²) in [7, 11) is 0. The molecule has 0 saturated heterocycles. The van der Waals surface area contributed by atoms with E-state index < -0.39 is 0 Å². The van der Waals surface area contributed by atoms with Crippen molar-refractivity contribution in [3.8, 4) is 11.3 Å². The number of benzene rings is 1. The van der Waals surface area contributed by atoms with E-state index >= 15 is 0 Å². The summed E-state index contributed by atoms with van der Waals surface area (Å²) in [6.45, 7) is 6.35. The smallest absolute Gasteiger partial charge is 0.0964 e. The number of aryl methyl sites for hydroxylation is 3. The van der Waals surface area contributed by atoms with Gasteiger partial charge < -0.3 is 0 Å². The molecule has 3 rings (SSSR count). The van der Waals surface area contributed by atoms with Crippen LogP contribution in [0.4, 0.5) is 0 Å². The Morgan fingerprint density at radius 3 is 2.80 bits per heavy atom. The molecule has 102 valence electrons. The predicted molar refractivity (Wildman–Crippen MR) is 83.2 cm³/mol. The minimum absolute atomic E-state index is 0.362. The van der Waals surface area contributed by atoms with Gasteiger partial charge >= 0.3 is 0 Å². The first-order chi connectivity index (χ1) is 9.66. The van der Waals surface area contributed by atoms with Crippen molar-refractivity contribution in [3.05, 3.63) is 52.9 Å². The lowest BCUT2D eigenvalue weighted by atomic mass is 9.89. The molecular weight excluding hydrogens is 246 g/mol. The molecule has 1 aliphatic heterocycles. The van der Waals surface area contributed by atoms with Crippen LogP contribution in [0.3, 0.4) is 0 Å². The topological polar surface area (TPSA) is 41.0 Å². The van der Waals surface area contributed by atoms with Crippen LogP contribution in [0.5, 0.6) is 0 Å². The Morgan fingerprint density at radius 1 is 1.20 bits per heavy atom. The fourth-order valence-corrected chi connectivity index (χ4v) is 2.77. The fourth-order valence-electron chi connectivity index (χ4n) is 2.77. The molecule has 2 aromatic rings. The number of allylic oxidation sites excluding steroid dienone is 1. The minimum Gasteiger partial charge on any atom is -0.282 e. The van der Waals surface area contributed by atoms with E-state index in [-0.39, 0.29) is 0 Å². The average Bonchev–Trinajstić information content (AvgIpc) is 2.84. The third-order valence-corrected chi connectivity index (χ3v) is 3.88. The first-order valence-corrected chi connectivity index (χ1v) is 6.97. The maximum Gasteiger partial charge on any atom is 0.0964 e. The van der Waals surface area contributed by atoms with E-state index in [9.17, 15) is 0 Å². The van der Waals surface area contributed by atoms with Gasteiger partial charge in [-0.05, 0) is 38.8 Å². The molecule has 20 heavy (non-hydrogen) atoms. The van der Waals surface area contributed by atoms with Gasteiger partial charge in [-0.25, -0.2) is 0 Å². The molecule has 0 spiro atoms. The van der Waals surface area contributed by atoms with E-state index in [1.54, 1.807) is 0 Å². The normalized spacial score (nSPS) is 17.6. The Balaban J connectivity index is 2.13. The number of aliphatic imine (C=N–C) groups is 1. The summed E-state index contributed by atoms with van der Waals surface area (Å²) >= 11 is 0. The lowest BCUT2D eigenvalue weighted by molar-refractivity contribution is 0.878. The van der Waals surface area contributed by atoms with Gasteiger partial charge in [-0.3, -0.25) is 10.1 Å². The third kappa shape index (κ3) is 2.20. The lowest BCUT2D eigenvalue weighted by Gasteiger charge is -2.15. The van der Waals surface area contributed by atoms with E-state index in [2.05, 4.69) is 60.2 Å². The maximum atomic E-state index is 4.56. The summed E-state index contributed by atoms with van der Waals surface area (Å²) in [5.41, 5.74) is 7.26. The number of rotatable bonds is 2. The van der Waals surface area contributed by atoms with Gasteiger partial charge in [0.1, 0.15) is 0 Å². The van der Waals surface area contributed by atoms with Crippen LogP contribution in [0.2, 0.25) is 0 Å². The van der Waals surface area contributed by atoms with Crippen molar-refractivity contribution in [1.82, 2.24) is 10.2 Å². The molecule has 3 nitrogen and oxygen atoms in total. The standard InChI is InChI=1S/C17H19N3/c1-11-4-5-12(2)15(10-11)17-16(13(3)19-20-17)14-6-8-18-9-7-14/h4-6,8-10,14H,7H2,1-3H3,(H,19,20). The van der Waals surface area contributed by atoms with Crippen LogP contribution in [0.25, 0.3) is 11.3 Å². The van der Waals surface area contributed by atoms with E-state index in [1.807, 2.05) is 12.4 Å². The number of hydrogen-bond acceptors (Lipinski definition) is 2. The monoisotopic (exact) mass is 265 g/mol. The van der Waals surface area contributed by atoms with Gasteiger partial charge in [-0.15, -0.1) is 0 Å². The molecule has 1 aliphatic rings. The highest BCUT2D eigenvalue weighted by Gasteiger charge is 2.21. The molecule has 0 amide bonds. The molecule has 0 radical (unpaired) electrons. The van der Waals surface area contributed by atoms with Crippen LogP contribution in [-0.4, -0.2) is 16.4 Å². The molecule has 1 atom stereocenters. The van der Waals surface area contributed by atoms with Crippen molar-refractivity contribution in [3.63, 3.8) is 0 Å². The molecule has 0 fully saturated rings. The van der Waals surface area contributed by atoms with Crippen molar-refractivity contribution in [2.24, 2.45) is 4.99 Å². The van der Waals surface area contributed by atoms with Crippen LogP contribution in [0.15, 0.2) is 35.5 Å². The zero-order valence-electron chi connectivity index (χ0n) is 12.1. The first-order valence-electron chi connectivity index (χ1n) is 6.97. The van der Waals surface area contributed by atoms with Crippen molar-refractivity contribution < 1.29 is 0 Å². The van der Waals surface area contributed by atoms with E-state index in [0.717, 1.165) is 17.8 Å². The van der Waals surface area contributed by atoms with Gasteiger partial charge in [0.25, 0.3) is 0 Å².